The van der Waals surface area contributed by atoms with Gasteiger partial charge in [-0.1, -0.05) is 6.07 Å². The highest BCUT2D eigenvalue weighted by Crippen LogP contribution is 2.23. The quantitative estimate of drug-likeness (QED) is 0.602. The van der Waals surface area contributed by atoms with E-state index < -0.39 is 0 Å². The van der Waals surface area contributed by atoms with Gasteiger partial charge in [0.25, 0.3) is 0 Å². The number of hydrogen-bond donors (Lipinski definition) is 1. The van der Waals surface area contributed by atoms with Crippen molar-refractivity contribution in [1.29, 1.82) is 0 Å². The third kappa shape index (κ3) is 3.66. The van der Waals surface area contributed by atoms with E-state index >= 15 is 0 Å². The van der Waals surface area contributed by atoms with Gasteiger partial charge in [-0.25, -0.2) is 0 Å². The molecule has 0 heterocycles. The van der Waals surface area contributed by atoms with E-state index in [4.69, 9.17) is 15.2 Å². The van der Waals surface area contributed by atoms with Gasteiger partial charge in [0.1, 0.15) is 11.5 Å². The smallest absolute Gasteiger partial charge is 0.188 e. The molecular formula is C12H16NO3Si. The Morgan fingerprint density at radius 3 is 2.76 bits per heavy atom. The summed E-state index contributed by atoms with van der Waals surface area (Å²) in [5.41, 5.74) is 7.10. The van der Waals surface area contributed by atoms with E-state index in [-0.39, 0.29) is 18.1 Å². The molecule has 17 heavy (non-hydrogen) atoms. The number of ether oxygens (including phenoxy) is 2. The van der Waals surface area contributed by atoms with E-state index in [0.29, 0.717) is 12.3 Å². The van der Waals surface area contributed by atoms with Gasteiger partial charge in [-0.15, -0.1) is 0 Å². The number of benzene rings is 1. The fourth-order valence-corrected chi connectivity index (χ4v) is 1.76. The van der Waals surface area contributed by atoms with E-state index in [0.717, 1.165) is 11.1 Å². The molecule has 2 N–H and O–H groups in total. The molecule has 4 nitrogen and oxygen atoms in total. The van der Waals surface area contributed by atoms with Gasteiger partial charge in [0.05, 0.1) is 0 Å². The Kier molecular flexibility index (Phi) is 5.34. The summed E-state index contributed by atoms with van der Waals surface area (Å²) in [6.07, 6.45) is 0. The van der Waals surface area contributed by atoms with Crippen molar-refractivity contribution in [1.82, 2.24) is 0 Å². The van der Waals surface area contributed by atoms with Crippen molar-refractivity contribution in [2.45, 2.75) is 19.0 Å². The lowest BCUT2D eigenvalue weighted by Gasteiger charge is -2.14. The SMILES string of the molecule is COCOc1ccc(C([Si])C(C)=O)c(CN)c1. The van der Waals surface area contributed by atoms with Gasteiger partial charge in [-0.3, -0.25) is 4.79 Å². The molecule has 0 aliphatic heterocycles. The molecule has 0 fully saturated rings. The molecule has 0 amide bonds. The summed E-state index contributed by atoms with van der Waals surface area (Å²) < 4.78 is 10.1. The number of hydrogen-bond acceptors (Lipinski definition) is 4. The van der Waals surface area contributed by atoms with Crippen LogP contribution in [0.25, 0.3) is 0 Å². The summed E-state index contributed by atoms with van der Waals surface area (Å²) in [5.74, 6) is 0.723. The van der Waals surface area contributed by atoms with Crippen LogP contribution in [0.1, 0.15) is 23.6 Å². The molecule has 0 bridgehead atoms. The van der Waals surface area contributed by atoms with Crippen molar-refractivity contribution >= 4 is 16.0 Å². The Hall–Kier alpha value is -1.17. The van der Waals surface area contributed by atoms with Crippen LogP contribution in [0.3, 0.4) is 0 Å². The van der Waals surface area contributed by atoms with Crippen LogP contribution in [0.15, 0.2) is 18.2 Å². The standard InChI is InChI=1S/C12H16NO3Si/c1-8(14)12(17)11-4-3-10(16-7-15-2)5-9(11)6-13/h3-5,12H,6-7,13H2,1-2H3. The average molecular weight is 250 g/mol. The third-order valence-electron chi connectivity index (χ3n) is 2.40. The topological polar surface area (TPSA) is 61.5 Å². The molecule has 0 saturated heterocycles. The van der Waals surface area contributed by atoms with E-state index in [9.17, 15) is 4.79 Å². The lowest BCUT2D eigenvalue weighted by molar-refractivity contribution is -0.116. The van der Waals surface area contributed by atoms with Crippen LogP contribution in [0.2, 0.25) is 0 Å². The van der Waals surface area contributed by atoms with Gasteiger partial charge in [0.2, 0.25) is 0 Å². The van der Waals surface area contributed by atoms with Crippen LogP contribution in [0.4, 0.5) is 0 Å². The van der Waals surface area contributed by atoms with Crippen LogP contribution in [0.5, 0.6) is 5.75 Å². The molecule has 0 saturated carbocycles. The molecule has 1 aromatic carbocycles. The minimum atomic E-state index is -0.329. The van der Waals surface area contributed by atoms with Crippen molar-refractivity contribution in [3.8, 4) is 5.75 Å². The predicted octanol–water partition coefficient (Wildman–Crippen LogP) is 0.927. The second-order valence-electron chi connectivity index (χ2n) is 3.66. The third-order valence-corrected chi connectivity index (χ3v) is 3.11. The zero-order chi connectivity index (χ0) is 12.8. The zero-order valence-corrected chi connectivity index (χ0v) is 11.0. The normalized spacial score (nSPS) is 12.2. The fraction of sp³-hybridized carbons (Fsp3) is 0.417. The Morgan fingerprint density at radius 2 is 2.24 bits per heavy atom. The monoisotopic (exact) mass is 250 g/mol. The number of Topliss-reactive ketones (excluding diaryl/α,β-unsaturated/α-hetero) is 1. The van der Waals surface area contributed by atoms with Crippen LogP contribution in [-0.4, -0.2) is 29.9 Å². The summed E-state index contributed by atoms with van der Waals surface area (Å²) in [5, 5.41) is 0. The van der Waals surface area contributed by atoms with Gasteiger partial charge in [-0.2, -0.15) is 0 Å². The lowest BCUT2D eigenvalue weighted by atomic mass is 10.0. The molecule has 0 spiro atoms. The van der Waals surface area contributed by atoms with Gasteiger partial charge in [0, 0.05) is 29.4 Å². The number of carbonyl (C=O) groups excluding carboxylic acids is 1. The first kappa shape index (κ1) is 13.9. The molecule has 0 aliphatic rings. The molecular weight excluding hydrogens is 234 g/mol. The molecule has 1 unspecified atom stereocenters. The second kappa shape index (κ2) is 6.54. The van der Waals surface area contributed by atoms with Crippen molar-refractivity contribution in [3.05, 3.63) is 29.3 Å². The van der Waals surface area contributed by atoms with E-state index in [1.54, 1.807) is 13.2 Å². The van der Waals surface area contributed by atoms with Crippen LogP contribution in [0, 0.1) is 0 Å². The van der Waals surface area contributed by atoms with Crippen molar-refractivity contribution in [2.75, 3.05) is 13.9 Å². The van der Waals surface area contributed by atoms with Crippen molar-refractivity contribution in [2.24, 2.45) is 5.73 Å². The van der Waals surface area contributed by atoms with Gasteiger partial charge >= 0.3 is 0 Å². The number of carbonyl (C=O) groups is 1. The molecule has 5 heteroatoms. The van der Waals surface area contributed by atoms with Gasteiger partial charge in [0.15, 0.2) is 6.79 Å². The zero-order valence-electron chi connectivity index (χ0n) is 10.0. The van der Waals surface area contributed by atoms with Gasteiger partial charge in [-0.05, 0) is 30.2 Å². The number of methoxy groups -OCH3 is 1. The molecule has 91 valence electrons. The summed E-state index contributed by atoms with van der Waals surface area (Å²) >= 11 is 0. The first-order chi connectivity index (χ1) is 8.10. The highest BCUT2D eigenvalue weighted by Gasteiger charge is 2.14. The predicted molar refractivity (Wildman–Crippen MR) is 66.0 cm³/mol. The number of rotatable bonds is 6. The molecule has 1 rings (SSSR count). The summed E-state index contributed by atoms with van der Waals surface area (Å²) in [6, 6.07) is 5.46. The summed E-state index contributed by atoms with van der Waals surface area (Å²) in [6.45, 7) is 2.08. The van der Waals surface area contributed by atoms with Crippen LogP contribution in [-0.2, 0) is 16.1 Å². The highest BCUT2D eigenvalue weighted by molar-refractivity contribution is 6.24. The van der Waals surface area contributed by atoms with E-state index in [1.165, 1.54) is 6.92 Å². The van der Waals surface area contributed by atoms with Crippen LogP contribution >= 0.6 is 0 Å². The maximum absolute atomic E-state index is 11.3. The maximum atomic E-state index is 11.3. The average Bonchev–Trinajstić information content (AvgIpc) is 2.34. The molecule has 1 atom stereocenters. The van der Waals surface area contributed by atoms with Crippen molar-refractivity contribution in [3.63, 3.8) is 0 Å². The Labute approximate surface area is 105 Å². The fourth-order valence-electron chi connectivity index (χ4n) is 1.48. The molecule has 0 aromatic heterocycles. The number of ketones is 1. The van der Waals surface area contributed by atoms with E-state index in [2.05, 4.69) is 10.2 Å². The molecule has 1 aromatic rings. The minimum absolute atomic E-state index is 0.0435. The Balaban J connectivity index is 2.96. The Bertz CT molecular complexity index is 395. The minimum Gasteiger partial charge on any atom is -0.468 e. The first-order valence-electron chi connectivity index (χ1n) is 5.26. The summed E-state index contributed by atoms with van der Waals surface area (Å²) in [4.78, 5) is 11.3. The maximum Gasteiger partial charge on any atom is 0.188 e. The largest absolute Gasteiger partial charge is 0.468 e. The van der Waals surface area contributed by atoms with E-state index in [1.807, 2.05) is 12.1 Å². The number of nitrogens with two attached hydrogens (primary N) is 1. The Morgan fingerprint density at radius 1 is 1.53 bits per heavy atom. The van der Waals surface area contributed by atoms with Crippen LogP contribution < -0.4 is 10.5 Å². The van der Waals surface area contributed by atoms with Gasteiger partial charge < -0.3 is 15.2 Å². The van der Waals surface area contributed by atoms with Crippen molar-refractivity contribution < 1.29 is 14.3 Å². The second-order valence-corrected chi connectivity index (χ2v) is 4.24. The highest BCUT2D eigenvalue weighted by atomic mass is 28.1. The lowest BCUT2D eigenvalue weighted by Crippen LogP contribution is -2.13. The summed E-state index contributed by atoms with van der Waals surface area (Å²) in [7, 11) is 4.96. The molecule has 0 aliphatic carbocycles. The first-order valence-corrected chi connectivity index (χ1v) is 5.84. The molecule has 3 radical (unpaired) electrons.